The van der Waals surface area contributed by atoms with Crippen LogP contribution in [0.1, 0.15) is 56.2 Å². The Hall–Kier alpha value is -2.57. The molecule has 2 aromatic rings. The van der Waals surface area contributed by atoms with E-state index in [9.17, 15) is 4.79 Å². The monoisotopic (exact) mass is 382 g/mol. The molecular weight excluding hydrogens is 356 g/mol. The summed E-state index contributed by atoms with van der Waals surface area (Å²) in [6, 6.07) is 7.85. The van der Waals surface area contributed by atoms with E-state index in [-0.39, 0.29) is 5.91 Å². The third-order valence-corrected chi connectivity index (χ3v) is 6.07. The van der Waals surface area contributed by atoms with Gasteiger partial charge in [-0.25, -0.2) is 0 Å². The maximum Gasteiger partial charge on any atom is 0.265 e. The van der Waals surface area contributed by atoms with Crippen LogP contribution in [0.3, 0.4) is 0 Å². The molecule has 1 atom stereocenters. The van der Waals surface area contributed by atoms with Crippen LogP contribution in [0.2, 0.25) is 0 Å². The first-order chi connectivity index (χ1) is 13.8. The topological polar surface area (TPSA) is 71.7 Å². The smallest absolute Gasteiger partial charge is 0.265 e. The highest BCUT2D eigenvalue weighted by Gasteiger charge is 2.34. The van der Waals surface area contributed by atoms with Gasteiger partial charge in [0.15, 0.2) is 6.10 Å². The van der Waals surface area contributed by atoms with Gasteiger partial charge in [0.25, 0.3) is 5.91 Å². The zero-order valence-electron chi connectivity index (χ0n) is 16.0. The van der Waals surface area contributed by atoms with E-state index in [0.29, 0.717) is 24.9 Å². The Morgan fingerprint density at radius 2 is 1.89 bits per heavy atom. The third-order valence-electron chi connectivity index (χ3n) is 6.07. The normalized spacial score (nSPS) is 22.4. The second kappa shape index (κ2) is 7.45. The first-order valence-corrected chi connectivity index (χ1v) is 10.4. The number of carbonyl (C=O) groups is 1. The summed E-state index contributed by atoms with van der Waals surface area (Å²) >= 11 is 0. The highest BCUT2D eigenvalue weighted by Crippen LogP contribution is 2.37. The van der Waals surface area contributed by atoms with E-state index in [1.807, 2.05) is 29.2 Å². The Balaban J connectivity index is 1.35. The van der Waals surface area contributed by atoms with E-state index in [1.165, 1.54) is 12.8 Å². The Bertz CT molecular complexity index is 842. The van der Waals surface area contributed by atoms with Crippen LogP contribution in [-0.4, -0.2) is 46.7 Å². The number of fused-ring (bicyclic) bond motifs is 1. The third kappa shape index (κ3) is 3.34. The van der Waals surface area contributed by atoms with Crippen molar-refractivity contribution < 1.29 is 13.9 Å². The minimum Gasteiger partial charge on any atom is -0.477 e. The second-order valence-electron chi connectivity index (χ2n) is 8.00. The SMILES string of the molecule is O=C(C1CN(Cc2nnc(C3CCC3)o2)c2ccccc2O1)N1CCCCC1. The van der Waals surface area contributed by atoms with Crippen molar-refractivity contribution in [2.45, 2.75) is 57.1 Å². The van der Waals surface area contributed by atoms with E-state index in [4.69, 9.17) is 9.15 Å². The van der Waals surface area contributed by atoms with Crippen molar-refractivity contribution in [1.82, 2.24) is 15.1 Å². The van der Waals surface area contributed by atoms with Crippen molar-refractivity contribution in [3.05, 3.63) is 36.0 Å². The number of likely N-dealkylation sites (tertiary alicyclic amines) is 1. The van der Waals surface area contributed by atoms with E-state index >= 15 is 0 Å². The average Bonchev–Trinajstić information content (AvgIpc) is 3.14. The number of rotatable bonds is 4. The fraction of sp³-hybridized carbons (Fsp3) is 0.571. The Labute approximate surface area is 164 Å². The summed E-state index contributed by atoms with van der Waals surface area (Å²) in [5.41, 5.74) is 0.966. The molecule has 0 bridgehead atoms. The van der Waals surface area contributed by atoms with E-state index < -0.39 is 6.10 Å². The molecule has 2 aliphatic heterocycles. The number of para-hydroxylation sites is 2. The van der Waals surface area contributed by atoms with Gasteiger partial charge in [0.2, 0.25) is 11.8 Å². The van der Waals surface area contributed by atoms with Crippen LogP contribution < -0.4 is 9.64 Å². The number of piperidine rings is 1. The number of hydrogen-bond acceptors (Lipinski definition) is 6. The van der Waals surface area contributed by atoms with Crippen LogP contribution in [0.25, 0.3) is 0 Å². The Kier molecular flexibility index (Phi) is 4.66. The molecule has 3 aliphatic rings. The van der Waals surface area contributed by atoms with Crippen molar-refractivity contribution >= 4 is 11.6 Å². The molecule has 1 amide bonds. The van der Waals surface area contributed by atoms with Gasteiger partial charge in [-0.15, -0.1) is 10.2 Å². The molecule has 1 aromatic carbocycles. The van der Waals surface area contributed by atoms with Gasteiger partial charge in [-0.1, -0.05) is 18.6 Å². The number of benzene rings is 1. The second-order valence-corrected chi connectivity index (χ2v) is 8.00. The van der Waals surface area contributed by atoms with Crippen LogP contribution in [-0.2, 0) is 11.3 Å². The van der Waals surface area contributed by atoms with E-state index in [1.54, 1.807) is 0 Å². The maximum absolute atomic E-state index is 13.0. The summed E-state index contributed by atoms with van der Waals surface area (Å²) in [6.45, 7) is 2.64. The van der Waals surface area contributed by atoms with Gasteiger partial charge in [0, 0.05) is 19.0 Å². The lowest BCUT2D eigenvalue weighted by atomic mass is 9.85. The van der Waals surface area contributed by atoms with Gasteiger partial charge >= 0.3 is 0 Å². The summed E-state index contributed by atoms with van der Waals surface area (Å²) in [7, 11) is 0. The lowest BCUT2D eigenvalue weighted by Gasteiger charge is -2.37. The van der Waals surface area contributed by atoms with Crippen LogP contribution in [0.5, 0.6) is 5.75 Å². The predicted molar refractivity (Wildman–Crippen MR) is 103 cm³/mol. The molecule has 3 heterocycles. The predicted octanol–water partition coefficient (Wildman–Crippen LogP) is 3.12. The summed E-state index contributed by atoms with van der Waals surface area (Å²) < 4.78 is 12.0. The summed E-state index contributed by atoms with van der Waals surface area (Å²) in [5, 5.41) is 8.49. The van der Waals surface area contributed by atoms with Crippen molar-refractivity contribution in [2.24, 2.45) is 0 Å². The number of aromatic nitrogens is 2. The molecule has 5 rings (SSSR count). The fourth-order valence-corrected chi connectivity index (χ4v) is 4.22. The molecule has 1 saturated carbocycles. The zero-order chi connectivity index (χ0) is 18.9. The molecule has 1 unspecified atom stereocenters. The highest BCUT2D eigenvalue weighted by atomic mass is 16.5. The molecule has 28 heavy (non-hydrogen) atoms. The number of carbonyl (C=O) groups excluding carboxylic acids is 1. The number of hydrogen-bond donors (Lipinski definition) is 0. The molecule has 0 spiro atoms. The van der Waals surface area contributed by atoms with Gasteiger partial charge in [0.1, 0.15) is 5.75 Å². The van der Waals surface area contributed by atoms with E-state index in [2.05, 4.69) is 15.1 Å². The van der Waals surface area contributed by atoms with Gasteiger partial charge in [-0.05, 0) is 44.2 Å². The number of amides is 1. The molecule has 148 valence electrons. The molecule has 7 heteroatoms. The van der Waals surface area contributed by atoms with E-state index in [0.717, 1.165) is 56.1 Å². The standard InChI is InChI=1S/C21H26N4O3/c26-21(24-11-4-1-5-12-24)18-13-25(16-9-2-3-10-17(16)27-18)14-19-22-23-20(28-19)15-7-6-8-15/h2-3,9-10,15,18H,1,4-8,11-14H2. The minimum absolute atomic E-state index is 0.0832. The molecule has 1 aromatic heterocycles. The maximum atomic E-state index is 13.0. The van der Waals surface area contributed by atoms with Gasteiger partial charge in [0.05, 0.1) is 18.8 Å². The minimum atomic E-state index is -0.498. The molecule has 2 fully saturated rings. The van der Waals surface area contributed by atoms with Crippen LogP contribution in [0, 0.1) is 0 Å². The molecule has 0 N–H and O–H groups in total. The molecule has 0 radical (unpaired) electrons. The van der Waals surface area contributed by atoms with Crippen LogP contribution >= 0.6 is 0 Å². The number of anilines is 1. The molecule has 1 saturated heterocycles. The Morgan fingerprint density at radius 3 is 2.68 bits per heavy atom. The number of ether oxygens (including phenoxy) is 1. The lowest BCUT2D eigenvalue weighted by Crippen LogP contribution is -2.51. The van der Waals surface area contributed by atoms with Gasteiger partial charge in [-0.3, -0.25) is 4.79 Å². The summed E-state index contributed by atoms with van der Waals surface area (Å²) in [4.78, 5) is 17.1. The van der Waals surface area contributed by atoms with Gasteiger partial charge in [-0.2, -0.15) is 0 Å². The Morgan fingerprint density at radius 1 is 1.07 bits per heavy atom. The van der Waals surface area contributed by atoms with Crippen molar-refractivity contribution in [1.29, 1.82) is 0 Å². The fourth-order valence-electron chi connectivity index (χ4n) is 4.22. The molecule has 1 aliphatic carbocycles. The first kappa shape index (κ1) is 17.5. The molecule has 7 nitrogen and oxygen atoms in total. The lowest BCUT2D eigenvalue weighted by molar-refractivity contribution is -0.139. The van der Waals surface area contributed by atoms with Crippen molar-refractivity contribution in [2.75, 3.05) is 24.5 Å². The summed E-state index contributed by atoms with van der Waals surface area (Å²) in [5.74, 6) is 2.60. The average molecular weight is 382 g/mol. The first-order valence-electron chi connectivity index (χ1n) is 10.4. The van der Waals surface area contributed by atoms with Crippen LogP contribution in [0.4, 0.5) is 5.69 Å². The van der Waals surface area contributed by atoms with Crippen molar-refractivity contribution in [3.63, 3.8) is 0 Å². The largest absolute Gasteiger partial charge is 0.477 e. The number of nitrogens with zero attached hydrogens (tertiary/aromatic N) is 4. The zero-order valence-corrected chi connectivity index (χ0v) is 16.0. The highest BCUT2D eigenvalue weighted by molar-refractivity contribution is 5.83. The van der Waals surface area contributed by atoms with Crippen molar-refractivity contribution in [3.8, 4) is 5.75 Å². The summed E-state index contributed by atoms with van der Waals surface area (Å²) in [6.07, 6.45) is 6.35. The van der Waals surface area contributed by atoms with Crippen LogP contribution in [0.15, 0.2) is 28.7 Å². The van der Waals surface area contributed by atoms with Gasteiger partial charge < -0.3 is 19.0 Å². The molecular formula is C21H26N4O3. The quantitative estimate of drug-likeness (QED) is 0.809.